The Morgan fingerprint density at radius 3 is 2.08 bits per heavy atom. The highest BCUT2D eigenvalue weighted by molar-refractivity contribution is 5.60. The maximum atomic E-state index is 12.5. The van der Waals surface area contributed by atoms with Gasteiger partial charge in [-0.05, 0) is 6.07 Å². The lowest BCUT2D eigenvalue weighted by Crippen LogP contribution is -2.07. The topological polar surface area (TPSA) is 0 Å². The van der Waals surface area contributed by atoms with Crippen LogP contribution >= 0.6 is 0 Å². The third kappa shape index (κ3) is 2.08. The van der Waals surface area contributed by atoms with Crippen LogP contribution in [0.4, 0.5) is 17.6 Å². The molecule has 1 rings (SSSR count). The minimum Gasteiger partial charge on any atom is -0.207 e. The Bertz CT molecular complexity index is 325. The lowest BCUT2D eigenvalue weighted by molar-refractivity contribution is -0.137. The van der Waals surface area contributed by atoms with E-state index in [1.165, 1.54) is 12.1 Å². The zero-order chi connectivity index (χ0) is 10.1. The van der Waals surface area contributed by atoms with Crippen molar-refractivity contribution >= 4 is 5.83 Å². The fraction of sp³-hybridized carbons (Fsp3) is 0.111. The Kier molecular flexibility index (Phi) is 2.40. The molecule has 0 spiro atoms. The Morgan fingerprint density at radius 1 is 1.15 bits per heavy atom. The molecule has 0 saturated heterocycles. The van der Waals surface area contributed by atoms with Crippen LogP contribution in [-0.4, -0.2) is 0 Å². The van der Waals surface area contributed by atoms with Crippen LogP contribution in [0.1, 0.15) is 11.1 Å². The number of hydrogen-bond donors (Lipinski definition) is 0. The van der Waals surface area contributed by atoms with E-state index < -0.39 is 23.1 Å². The molecule has 1 aromatic rings. The van der Waals surface area contributed by atoms with E-state index in [9.17, 15) is 17.6 Å². The van der Waals surface area contributed by atoms with Crippen molar-refractivity contribution in [2.75, 3.05) is 0 Å². The van der Waals surface area contributed by atoms with Crippen molar-refractivity contribution < 1.29 is 17.6 Å². The average molecular weight is 190 g/mol. The van der Waals surface area contributed by atoms with Gasteiger partial charge >= 0.3 is 6.18 Å². The number of benzene rings is 1. The maximum Gasteiger partial charge on any atom is 0.417 e. The third-order valence-corrected chi connectivity index (χ3v) is 1.52. The second-order valence-electron chi connectivity index (χ2n) is 2.45. The summed E-state index contributed by atoms with van der Waals surface area (Å²) in [6.45, 7) is 2.83. The zero-order valence-corrected chi connectivity index (χ0v) is 6.53. The molecule has 0 aliphatic carbocycles. The molecule has 0 fully saturated rings. The van der Waals surface area contributed by atoms with Crippen molar-refractivity contribution in [1.82, 2.24) is 0 Å². The summed E-state index contributed by atoms with van der Waals surface area (Å²) < 4.78 is 49.1. The van der Waals surface area contributed by atoms with E-state index >= 15 is 0 Å². The minimum absolute atomic E-state index is 0.505. The first-order valence-electron chi connectivity index (χ1n) is 3.44. The highest BCUT2D eigenvalue weighted by Gasteiger charge is 2.33. The Labute approximate surface area is 72.5 Å². The predicted molar refractivity (Wildman–Crippen MR) is 41.6 cm³/mol. The summed E-state index contributed by atoms with van der Waals surface area (Å²) in [5, 5.41) is 0. The first-order valence-corrected chi connectivity index (χ1v) is 3.44. The summed E-state index contributed by atoms with van der Waals surface area (Å²) in [6.07, 6.45) is -4.54. The second kappa shape index (κ2) is 3.20. The van der Waals surface area contributed by atoms with E-state index in [4.69, 9.17) is 0 Å². The molecule has 4 heteroatoms. The van der Waals surface area contributed by atoms with Gasteiger partial charge in [-0.1, -0.05) is 24.8 Å². The number of hydrogen-bond acceptors (Lipinski definition) is 0. The normalized spacial score (nSPS) is 11.4. The van der Waals surface area contributed by atoms with Gasteiger partial charge in [-0.3, -0.25) is 0 Å². The largest absolute Gasteiger partial charge is 0.417 e. The molecule has 0 nitrogen and oxygen atoms in total. The molecule has 0 atom stereocenters. The lowest BCUT2D eigenvalue weighted by atomic mass is 10.1. The summed E-state index contributed by atoms with van der Waals surface area (Å²) in [5.74, 6) is -1.08. The van der Waals surface area contributed by atoms with Gasteiger partial charge < -0.3 is 0 Å². The molecular weight excluding hydrogens is 184 g/mol. The Morgan fingerprint density at radius 2 is 1.69 bits per heavy atom. The van der Waals surface area contributed by atoms with Gasteiger partial charge in [-0.25, -0.2) is 4.39 Å². The monoisotopic (exact) mass is 190 g/mol. The molecule has 0 aromatic heterocycles. The molecule has 13 heavy (non-hydrogen) atoms. The molecule has 70 valence electrons. The van der Waals surface area contributed by atoms with Crippen molar-refractivity contribution in [2.45, 2.75) is 6.18 Å². The fourth-order valence-electron chi connectivity index (χ4n) is 0.967. The van der Waals surface area contributed by atoms with Crippen molar-refractivity contribution in [3.8, 4) is 0 Å². The van der Waals surface area contributed by atoms with Gasteiger partial charge in [0.1, 0.15) is 5.83 Å². The standard InChI is InChI=1S/C9H6F4/c1-6(10)7-4-2-3-5-8(7)9(11,12)13/h2-5H,1H2. The van der Waals surface area contributed by atoms with Gasteiger partial charge in [-0.15, -0.1) is 0 Å². The molecule has 0 aliphatic rings. The van der Waals surface area contributed by atoms with Gasteiger partial charge in [0.25, 0.3) is 0 Å². The molecule has 0 amide bonds. The van der Waals surface area contributed by atoms with Gasteiger partial charge in [0.05, 0.1) is 5.56 Å². The van der Waals surface area contributed by atoms with Crippen LogP contribution in [-0.2, 0) is 6.18 Å². The Hall–Kier alpha value is -1.32. The zero-order valence-electron chi connectivity index (χ0n) is 6.53. The molecule has 1 aromatic carbocycles. The van der Waals surface area contributed by atoms with Crippen LogP contribution in [0, 0.1) is 0 Å². The van der Waals surface area contributed by atoms with E-state index in [2.05, 4.69) is 6.58 Å². The van der Waals surface area contributed by atoms with E-state index in [1.54, 1.807) is 0 Å². The smallest absolute Gasteiger partial charge is 0.207 e. The first-order chi connectivity index (χ1) is 5.93. The number of halogens is 4. The average Bonchev–Trinajstić information content (AvgIpc) is 2.03. The molecule has 0 aliphatic heterocycles. The summed E-state index contributed by atoms with van der Waals surface area (Å²) in [7, 11) is 0. The summed E-state index contributed by atoms with van der Waals surface area (Å²) >= 11 is 0. The van der Waals surface area contributed by atoms with Crippen LogP contribution in [0.5, 0.6) is 0 Å². The van der Waals surface area contributed by atoms with Gasteiger partial charge in [0, 0.05) is 5.56 Å². The van der Waals surface area contributed by atoms with Crippen LogP contribution in [0.15, 0.2) is 30.8 Å². The summed E-state index contributed by atoms with van der Waals surface area (Å²) in [6, 6.07) is 4.40. The molecule has 0 unspecified atom stereocenters. The molecule has 0 bridgehead atoms. The molecule has 0 radical (unpaired) electrons. The summed E-state index contributed by atoms with van der Waals surface area (Å²) in [5.41, 5.74) is -1.50. The first kappa shape index (κ1) is 9.77. The molecular formula is C9H6F4. The van der Waals surface area contributed by atoms with E-state index in [1.807, 2.05) is 0 Å². The second-order valence-corrected chi connectivity index (χ2v) is 2.45. The highest BCUT2D eigenvalue weighted by atomic mass is 19.4. The van der Waals surface area contributed by atoms with E-state index in [0.717, 1.165) is 12.1 Å². The third-order valence-electron chi connectivity index (χ3n) is 1.52. The maximum absolute atomic E-state index is 12.5. The summed E-state index contributed by atoms with van der Waals surface area (Å²) in [4.78, 5) is 0. The molecule has 0 heterocycles. The van der Waals surface area contributed by atoms with Crippen molar-refractivity contribution in [2.24, 2.45) is 0 Å². The Balaban J connectivity index is 3.28. The lowest BCUT2D eigenvalue weighted by Gasteiger charge is -2.10. The van der Waals surface area contributed by atoms with Crippen LogP contribution < -0.4 is 0 Å². The van der Waals surface area contributed by atoms with Crippen molar-refractivity contribution in [1.29, 1.82) is 0 Å². The minimum atomic E-state index is -4.54. The fourth-order valence-corrected chi connectivity index (χ4v) is 0.967. The SMILES string of the molecule is C=C(F)c1ccccc1C(F)(F)F. The number of alkyl halides is 3. The van der Waals surface area contributed by atoms with Crippen molar-refractivity contribution in [3.05, 3.63) is 42.0 Å². The molecule has 0 saturated carbocycles. The van der Waals surface area contributed by atoms with Gasteiger partial charge in [0.2, 0.25) is 0 Å². The van der Waals surface area contributed by atoms with Gasteiger partial charge in [0.15, 0.2) is 0 Å². The molecule has 0 N–H and O–H groups in total. The van der Waals surface area contributed by atoms with E-state index in [-0.39, 0.29) is 0 Å². The quantitative estimate of drug-likeness (QED) is 0.593. The predicted octanol–water partition coefficient (Wildman–Crippen LogP) is 3.65. The number of rotatable bonds is 1. The van der Waals surface area contributed by atoms with Crippen LogP contribution in [0.3, 0.4) is 0 Å². The van der Waals surface area contributed by atoms with E-state index in [0.29, 0.717) is 0 Å². The van der Waals surface area contributed by atoms with Crippen LogP contribution in [0.25, 0.3) is 5.83 Å². The highest BCUT2D eigenvalue weighted by Crippen LogP contribution is 2.34. The van der Waals surface area contributed by atoms with Crippen molar-refractivity contribution in [3.63, 3.8) is 0 Å². The van der Waals surface area contributed by atoms with Gasteiger partial charge in [-0.2, -0.15) is 13.2 Å². The van der Waals surface area contributed by atoms with Crippen LogP contribution in [0.2, 0.25) is 0 Å².